The minimum absolute atomic E-state index is 0.0440. The second kappa shape index (κ2) is 8.94. The first-order chi connectivity index (χ1) is 14.5. The first-order valence-electron chi connectivity index (χ1n) is 10.7. The van der Waals surface area contributed by atoms with Gasteiger partial charge in [0.25, 0.3) is 0 Å². The summed E-state index contributed by atoms with van der Waals surface area (Å²) in [6.45, 7) is 6.26. The van der Waals surface area contributed by atoms with E-state index in [0.717, 1.165) is 35.8 Å². The van der Waals surface area contributed by atoms with Gasteiger partial charge in [0.1, 0.15) is 23.8 Å². The lowest BCUT2D eigenvalue weighted by atomic mass is 9.82. The maximum atomic E-state index is 12.9. The molecule has 0 spiro atoms. The summed E-state index contributed by atoms with van der Waals surface area (Å²) in [5.41, 5.74) is 2.19. The van der Waals surface area contributed by atoms with Crippen molar-refractivity contribution in [2.24, 2.45) is 5.92 Å². The van der Waals surface area contributed by atoms with Crippen LogP contribution >= 0.6 is 0 Å². The van der Waals surface area contributed by atoms with Crippen molar-refractivity contribution in [1.82, 2.24) is 5.32 Å². The van der Waals surface area contributed by atoms with Crippen LogP contribution in [0.15, 0.2) is 48.5 Å². The van der Waals surface area contributed by atoms with E-state index in [0.29, 0.717) is 19.4 Å². The molecule has 1 amide bonds. The van der Waals surface area contributed by atoms with Crippen LogP contribution in [0.3, 0.4) is 0 Å². The van der Waals surface area contributed by atoms with Crippen LogP contribution in [0.4, 0.5) is 10.1 Å². The third-order valence-corrected chi connectivity index (χ3v) is 5.85. The number of hydrogen-bond acceptors (Lipinski definition) is 4. The minimum Gasteiger partial charge on any atom is -0.494 e. The van der Waals surface area contributed by atoms with Gasteiger partial charge in [-0.15, -0.1) is 0 Å². The topological polar surface area (TPSA) is 50.8 Å². The molecule has 5 nitrogen and oxygen atoms in total. The third kappa shape index (κ3) is 4.69. The molecule has 4 rings (SSSR count). The quantitative estimate of drug-likeness (QED) is 0.703. The highest BCUT2D eigenvalue weighted by Gasteiger charge is 2.35. The van der Waals surface area contributed by atoms with Crippen LogP contribution < -0.4 is 19.7 Å². The molecule has 160 valence electrons. The monoisotopic (exact) mass is 412 g/mol. The van der Waals surface area contributed by atoms with Crippen LogP contribution in [0.5, 0.6) is 11.5 Å². The molecule has 2 aromatic rings. The Morgan fingerprint density at radius 2 is 1.73 bits per heavy atom. The molecule has 1 aliphatic carbocycles. The summed E-state index contributed by atoms with van der Waals surface area (Å²) in [6, 6.07) is 15.9. The maximum Gasteiger partial charge on any atom is 0.223 e. The Balaban J connectivity index is 1.23. The van der Waals surface area contributed by atoms with Crippen molar-refractivity contribution in [3.05, 3.63) is 54.1 Å². The van der Waals surface area contributed by atoms with E-state index in [1.54, 1.807) is 0 Å². The zero-order chi connectivity index (χ0) is 21.1. The van der Waals surface area contributed by atoms with Crippen molar-refractivity contribution >= 4 is 11.6 Å². The van der Waals surface area contributed by atoms with E-state index in [-0.39, 0.29) is 24.0 Å². The van der Waals surface area contributed by atoms with E-state index in [4.69, 9.17) is 9.47 Å². The van der Waals surface area contributed by atoms with Gasteiger partial charge in [0.05, 0.1) is 25.7 Å². The lowest BCUT2D eigenvalue weighted by molar-refractivity contribution is -0.130. The van der Waals surface area contributed by atoms with Crippen molar-refractivity contribution < 1.29 is 18.7 Å². The second-order valence-corrected chi connectivity index (χ2v) is 8.14. The largest absolute Gasteiger partial charge is 0.494 e. The lowest BCUT2D eigenvalue weighted by Gasteiger charge is -2.40. The molecular formula is C24H29FN2O3. The maximum absolute atomic E-state index is 12.9. The summed E-state index contributed by atoms with van der Waals surface area (Å²) in [5, 5.41) is 2.99. The number of halogens is 1. The molecule has 30 heavy (non-hydrogen) atoms. The van der Waals surface area contributed by atoms with Crippen LogP contribution in [0.1, 0.15) is 38.3 Å². The minimum atomic E-state index is -0.811. The van der Waals surface area contributed by atoms with Gasteiger partial charge in [-0.2, -0.15) is 0 Å². The molecule has 1 heterocycles. The van der Waals surface area contributed by atoms with Gasteiger partial charge in [0.2, 0.25) is 5.91 Å². The fourth-order valence-electron chi connectivity index (χ4n) is 3.85. The first kappa shape index (κ1) is 20.5. The molecule has 1 atom stereocenters. The molecule has 1 saturated carbocycles. The number of alkyl halides is 1. The number of carbonyl (C=O) groups excluding carboxylic acids is 1. The summed E-state index contributed by atoms with van der Waals surface area (Å²) < 4.78 is 24.4. The summed E-state index contributed by atoms with van der Waals surface area (Å²) in [4.78, 5) is 14.4. The molecular weight excluding hydrogens is 383 g/mol. The van der Waals surface area contributed by atoms with Gasteiger partial charge in [-0.05, 0) is 68.7 Å². The molecule has 2 aliphatic rings. The summed E-state index contributed by atoms with van der Waals surface area (Å²) in [7, 11) is 0. The van der Waals surface area contributed by atoms with Crippen molar-refractivity contribution in [1.29, 1.82) is 0 Å². The highest BCUT2D eigenvalue weighted by molar-refractivity contribution is 5.80. The van der Waals surface area contributed by atoms with Crippen molar-refractivity contribution in [3.8, 4) is 11.5 Å². The molecule has 2 aromatic carbocycles. The van der Waals surface area contributed by atoms with Crippen molar-refractivity contribution in [2.45, 2.75) is 45.0 Å². The Bertz CT molecular complexity index is 844. The van der Waals surface area contributed by atoms with Gasteiger partial charge >= 0.3 is 0 Å². The zero-order valence-corrected chi connectivity index (χ0v) is 17.5. The summed E-state index contributed by atoms with van der Waals surface area (Å²) in [5.74, 6) is 1.49. The van der Waals surface area contributed by atoms with Gasteiger partial charge in [-0.1, -0.05) is 12.1 Å². The highest BCUT2D eigenvalue weighted by Crippen LogP contribution is 2.31. The molecule has 1 saturated heterocycles. The van der Waals surface area contributed by atoms with E-state index in [1.807, 2.05) is 50.2 Å². The van der Waals surface area contributed by atoms with Crippen molar-refractivity contribution in [3.63, 3.8) is 0 Å². The van der Waals surface area contributed by atoms with E-state index in [1.165, 1.54) is 0 Å². The second-order valence-electron chi connectivity index (χ2n) is 8.14. The smallest absolute Gasteiger partial charge is 0.223 e. The lowest BCUT2D eigenvalue weighted by Crippen LogP contribution is -2.54. The van der Waals surface area contributed by atoms with Crippen LogP contribution in [-0.2, 0) is 4.79 Å². The molecule has 0 unspecified atom stereocenters. The van der Waals surface area contributed by atoms with E-state index in [9.17, 15) is 9.18 Å². The molecule has 2 fully saturated rings. The van der Waals surface area contributed by atoms with Gasteiger partial charge in [0, 0.05) is 11.6 Å². The average Bonchev–Trinajstić information content (AvgIpc) is 2.69. The number of hydrogen-bond donors (Lipinski definition) is 1. The van der Waals surface area contributed by atoms with E-state index >= 15 is 0 Å². The summed E-state index contributed by atoms with van der Waals surface area (Å²) in [6.07, 6.45) is 0.0651. The summed E-state index contributed by atoms with van der Waals surface area (Å²) >= 11 is 0. The third-order valence-electron chi connectivity index (χ3n) is 5.85. The molecule has 0 bridgehead atoms. The normalized spacial score (nSPS) is 21.9. The van der Waals surface area contributed by atoms with Gasteiger partial charge < -0.3 is 19.7 Å². The number of nitrogens with one attached hydrogen (secondary N) is 1. The number of anilines is 1. The first-order valence-corrected chi connectivity index (χ1v) is 10.7. The number of benzene rings is 2. The molecule has 0 aromatic heterocycles. The Kier molecular flexibility index (Phi) is 6.11. The van der Waals surface area contributed by atoms with Gasteiger partial charge in [0.15, 0.2) is 0 Å². The molecule has 6 heteroatoms. The highest BCUT2D eigenvalue weighted by atomic mass is 19.1. The standard InChI is InChI=1S/C24H29FN2O3/c1-3-29-21-8-10-22(11-9-21)30-23-14-27(15-23)20-6-4-17(5-7-20)16(2)26-24(28)18-12-19(25)13-18/h4-11,16,18-19,23H,3,12-15H2,1-2H3,(H,26,28)/t16-,18?,19?/m0/s1. The Hall–Kier alpha value is -2.76. The van der Waals surface area contributed by atoms with Crippen LogP contribution in [0, 0.1) is 5.92 Å². The predicted molar refractivity (Wildman–Crippen MR) is 115 cm³/mol. The Morgan fingerprint density at radius 1 is 1.10 bits per heavy atom. The van der Waals surface area contributed by atoms with Crippen LogP contribution in [0.2, 0.25) is 0 Å². The molecule has 1 aliphatic heterocycles. The number of rotatable bonds is 8. The van der Waals surface area contributed by atoms with E-state index in [2.05, 4.69) is 22.3 Å². The fourth-order valence-corrected chi connectivity index (χ4v) is 3.85. The molecule has 0 radical (unpaired) electrons. The zero-order valence-electron chi connectivity index (χ0n) is 17.5. The van der Waals surface area contributed by atoms with E-state index < -0.39 is 6.17 Å². The van der Waals surface area contributed by atoms with Gasteiger partial charge in [-0.25, -0.2) is 4.39 Å². The predicted octanol–water partition coefficient (Wildman–Crippen LogP) is 4.28. The van der Waals surface area contributed by atoms with Gasteiger partial charge in [-0.3, -0.25) is 4.79 Å². The number of nitrogens with zero attached hydrogens (tertiary/aromatic N) is 1. The van der Waals surface area contributed by atoms with Crippen LogP contribution in [0.25, 0.3) is 0 Å². The number of amides is 1. The Labute approximate surface area is 177 Å². The SMILES string of the molecule is CCOc1ccc(OC2CN(c3ccc([C@H](C)NC(=O)C4CC(F)C4)cc3)C2)cc1. The average molecular weight is 413 g/mol. The number of carbonyl (C=O) groups is 1. The van der Waals surface area contributed by atoms with Crippen molar-refractivity contribution in [2.75, 3.05) is 24.6 Å². The fraction of sp³-hybridized carbons (Fsp3) is 0.458. The van der Waals surface area contributed by atoms with Crippen LogP contribution in [-0.4, -0.2) is 37.9 Å². The number of ether oxygens (including phenoxy) is 2. The molecule has 1 N–H and O–H groups in total. The Morgan fingerprint density at radius 3 is 2.33 bits per heavy atom.